The molecule has 2 aliphatic rings. The van der Waals surface area contributed by atoms with Gasteiger partial charge >= 0.3 is 18.0 Å². The van der Waals surface area contributed by atoms with Gasteiger partial charge in [-0.2, -0.15) is 0 Å². The molecule has 263 valence electrons. The number of fused-ring (bicyclic) bond motifs is 2. The lowest BCUT2D eigenvalue weighted by molar-refractivity contribution is -0.146. The molecule has 48 heavy (non-hydrogen) atoms. The van der Waals surface area contributed by atoms with Crippen LogP contribution in [0.15, 0.2) is 24.3 Å². The third-order valence-corrected chi connectivity index (χ3v) is 8.74. The Morgan fingerprint density at radius 1 is 1.06 bits per heavy atom. The molecule has 3 heterocycles. The maximum absolute atomic E-state index is 14.3. The molecule has 12 nitrogen and oxygen atoms in total. The van der Waals surface area contributed by atoms with Crippen LogP contribution in [0.3, 0.4) is 0 Å². The molecule has 1 aromatic carbocycles. The molecule has 2 fully saturated rings. The van der Waals surface area contributed by atoms with Crippen molar-refractivity contribution in [3.05, 3.63) is 29.3 Å². The SMILES string of the molecule is CCOc1cc(OC2CC3C(=O)NC(C(=O)OC)CCCCCCCCCC(NC(=O)OC(C)(C)C)C(=O)[N+]3C2)c2cccc(Cl)c2n1. The van der Waals surface area contributed by atoms with E-state index in [0.717, 1.165) is 38.5 Å². The minimum atomic E-state index is -0.978. The zero-order valence-electron chi connectivity index (χ0n) is 28.6. The minimum absolute atomic E-state index is 0.0562. The first-order chi connectivity index (χ1) is 22.9. The second kappa shape index (κ2) is 17.1. The normalized spacial score (nSPS) is 23.5. The molecule has 0 bridgehead atoms. The zero-order valence-corrected chi connectivity index (χ0v) is 29.4. The van der Waals surface area contributed by atoms with Crippen LogP contribution in [-0.4, -0.2) is 79.0 Å². The number of hydrogen-bond donors (Lipinski definition) is 2. The van der Waals surface area contributed by atoms with Crippen LogP contribution in [0.4, 0.5) is 4.79 Å². The second-order valence-corrected chi connectivity index (χ2v) is 13.8. The van der Waals surface area contributed by atoms with E-state index in [1.54, 1.807) is 39.0 Å². The number of benzene rings is 1. The summed E-state index contributed by atoms with van der Waals surface area (Å²) >= 11 is 6.48. The smallest absolute Gasteiger partial charge is 0.408 e. The summed E-state index contributed by atoms with van der Waals surface area (Å²) in [5.41, 5.74) is -0.264. The highest BCUT2D eigenvalue weighted by atomic mass is 35.5. The van der Waals surface area contributed by atoms with Crippen LogP contribution in [-0.2, 0) is 23.9 Å². The summed E-state index contributed by atoms with van der Waals surface area (Å²) in [4.78, 5) is 59.8. The third-order valence-electron chi connectivity index (χ3n) is 8.44. The van der Waals surface area contributed by atoms with Gasteiger partial charge in [0.15, 0.2) is 18.7 Å². The summed E-state index contributed by atoms with van der Waals surface area (Å²) in [6.07, 6.45) is 5.88. The Balaban J connectivity index is 1.68. The standard InChI is InChI=1S/C35H49ClN4O8/c1-6-46-29-20-28(23-15-14-16-24(36)30(23)39-29)47-22-19-27-31(41)37-26(33(43)45-5)18-13-11-9-7-8-10-12-17-25(32(42)40(27)21-22)38-34(44)48-35(2,3)4/h14-16,20,22,25-27H,6-13,17-19,21H2,1-5H3,(H,37,41)(H,38,44)/q+1. The number of methoxy groups -OCH3 is 1. The fraction of sp³-hybridized carbons (Fsp3) is 0.629. The molecule has 2 saturated heterocycles. The molecule has 0 spiro atoms. The van der Waals surface area contributed by atoms with Crippen molar-refractivity contribution in [2.24, 2.45) is 0 Å². The summed E-state index contributed by atoms with van der Waals surface area (Å²) in [5, 5.41) is 6.70. The summed E-state index contributed by atoms with van der Waals surface area (Å²) in [5.74, 6) is -0.690. The van der Waals surface area contributed by atoms with Gasteiger partial charge in [0, 0.05) is 11.5 Å². The fourth-order valence-corrected chi connectivity index (χ4v) is 6.40. The number of ether oxygens (including phenoxy) is 4. The summed E-state index contributed by atoms with van der Waals surface area (Å²) in [6.45, 7) is 7.53. The number of rotatable bonds is 6. The van der Waals surface area contributed by atoms with Crippen LogP contribution >= 0.6 is 11.6 Å². The average molecular weight is 689 g/mol. The average Bonchev–Trinajstić information content (AvgIpc) is 3.45. The largest absolute Gasteiger partial charge is 0.483 e. The monoisotopic (exact) mass is 688 g/mol. The molecule has 2 aliphatic heterocycles. The molecule has 13 heteroatoms. The Labute approximate surface area is 287 Å². The Morgan fingerprint density at radius 3 is 2.42 bits per heavy atom. The first kappa shape index (κ1) is 37.2. The van der Waals surface area contributed by atoms with Crippen LogP contribution in [0.1, 0.15) is 91.9 Å². The molecule has 2 aromatic rings. The number of halogens is 1. The van der Waals surface area contributed by atoms with E-state index in [4.69, 9.17) is 30.5 Å². The van der Waals surface area contributed by atoms with Crippen molar-refractivity contribution in [2.45, 2.75) is 122 Å². The number of pyridine rings is 1. The van der Waals surface area contributed by atoms with Crippen molar-refractivity contribution in [2.75, 3.05) is 20.3 Å². The Hall–Kier alpha value is -3.64. The molecule has 0 aliphatic carbocycles. The number of nitrogens with one attached hydrogen (secondary N) is 2. The second-order valence-electron chi connectivity index (χ2n) is 13.3. The van der Waals surface area contributed by atoms with Gasteiger partial charge in [0.2, 0.25) is 11.9 Å². The molecule has 3 amide bonds. The van der Waals surface area contributed by atoms with E-state index in [2.05, 4.69) is 15.6 Å². The van der Waals surface area contributed by atoms with Crippen LogP contribution in [0.2, 0.25) is 5.02 Å². The van der Waals surface area contributed by atoms with E-state index >= 15 is 0 Å². The minimum Gasteiger partial charge on any atom is -0.483 e. The fourth-order valence-electron chi connectivity index (χ4n) is 6.18. The zero-order chi connectivity index (χ0) is 34.8. The van der Waals surface area contributed by atoms with Crippen molar-refractivity contribution in [3.8, 4) is 11.6 Å². The predicted molar refractivity (Wildman–Crippen MR) is 181 cm³/mol. The van der Waals surface area contributed by atoms with E-state index in [0.29, 0.717) is 53.4 Å². The number of hydrogen-bond acceptors (Lipinski definition) is 9. The molecule has 4 rings (SSSR count). The van der Waals surface area contributed by atoms with Gasteiger partial charge in [-0.3, -0.25) is 4.79 Å². The van der Waals surface area contributed by atoms with Crippen molar-refractivity contribution < 1.29 is 38.1 Å². The first-order valence-electron chi connectivity index (χ1n) is 17.0. The maximum atomic E-state index is 14.3. The van der Waals surface area contributed by atoms with E-state index in [1.165, 1.54) is 12.0 Å². The lowest BCUT2D eigenvalue weighted by Crippen LogP contribution is -2.58. The van der Waals surface area contributed by atoms with Crippen LogP contribution < -0.4 is 25.0 Å². The van der Waals surface area contributed by atoms with E-state index in [9.17, 15) is 19.2 Å². The van der Waals surface area contributed by atoms with Gasteiger partial charge in [-0.25, -0.2) is 19.4 Å². The van der Waals surface area contributed by atoms with Crippen LogP contribution in [0.25, 0.3) is 10.9 Å². The number of nitrogens with zero attached hydrogens (tertiary/aromatic N) is 2. The van der Waals surface area contributed by atoms with Crippen molar-refractivity contribution in [1.29, 1.82) is 0 Å². The number of aromatic nitrogens is 1. The molecule has 0 saturated carbocycles. The number of esters is 1. The quantitative estimate of drug-likeness (QED) is 0.294. The molecule has 1 aromatic heterocycles. The van der Waals surface area contributed by atoms with Gasteiger partial charge in [-0.15, -0.1) is 0 Å². The first-order valence-corrected chi connectivity index (χ1v) is 17.3. The highest BCUT2D eigenvalue weighted by Crippen LogP contribution is 2.35. The van der Waals surface area contributed by atoms with E-state index < -0.39 is 53.7 Å². The topological polar surface area (TPSA) is 148 Å². The third kappa shape index (κ3) is 10.2. The molecule has 1 radical (unpaired) electrons. The molecular formula is C35H49ClN4O8+. The Morgan fingerprint density at radius 2 is 1.75 bits per heavy atom. The van der Waals surface area contributed by atoms with Crippen molar-refractivity contribution in [3.63, 3.8) is 0 Å². The summed E-state index contributed by atoms with van der Waals surface area (Å²) in [6, 6.07) is 4.25. The highest BCUT2D eigenvalue weighted by Gasteiger charge is 2.53. The van der Waals surface area contributed by atoms with Gasteiger partial charge < -0.3 is 29.6 Å². The molecule has 2 N–H and O–H groups in total. The number of amides is 3. The lowest BCUT2D eigenvalue weighted by Gasteiger charge is -2.24. The number of alkyl carbamates (subject to hydrolysis) is 1. The summed E-state index contributed by atoms with van der Waals surface area (Å²) < 4.78 is 22.7. The van der Waals surface area contributed by atoms with E-state index in [1.807, 2.05) is 13.0 Å². The maximum Gasteiger partial charge on any atom is 0.408 e. The Bertz CT molecular complexity index is 1450. The number of carbonyl (C=O) groups is 4. The van der Waals surface area contributed by atoms with Gasteiger partial charge in [0.1, 0.15) is 17.4 Å². The van der Waals surface area contributed by atoms with E-state index in [-0.39, 0.29) is 13.0 Å². The van der Waals surface area contributed by atoms with Gasteiger partial charge in [0.05, 0.1) is 30.7 Å². The van der Waals surface area contributed by atoms with Crippen molar-refractivity contribution >= 4 is 46.4 Å². The number of para-hydroxylation sites is 1. The van der Waals surface area contributed by atoms with Gasteiger partial charge in [-0.1, -0.05) is 67.5 Å². The lowest BCUT2D eigenvalue weighted by atomic mass is 10.0. The Kier molecular flexibility index (Phi) is 13.3. The predicted octanol–water partition coefficient (Wildman–Crippen LogP) is 5.55. The van der Waals surface area contributed by atoms with Crippen molar-refractivity contribution in [1.82, 2.24) is 20.5 Å². The molecule has 4 unspecified atom stereocenters. The highest BCUT2D eigenvalue weighted by molar-refractivity contribution is 6.35. The van der Waals surface area contributed by atoms with Gasteiger partial charge in [0.25, 0.3) is 5.91 Å². The molecule has 4 atom stereocenters. The van der Waals surface area contributed by atoms with Crippen LogP contribution in [0.5, 0.6) is 11.6 Å². The number of carbonyl (C=O) groups excluding carboxylic acids is 4. The van der Waals surface area contributed by atoms with Gasteiger partial charge in [-0.05, 0) is 52.7 Å². The molecular weight excluding hydrogens is 640 g/mol. The summed E-state index contributed by atoms with van der Waals surface area (Å²) in [7, 11) is 1.29. The van der Waals surface area contributed by atoms with Crippen LogP contribution in [0, 0.1) is 0 Å².